The van der Waals surface area contributed by atoms with Gasteiger partial charge in [-0.15, -0.1) is 0 Å². The Morgan fingerprint density at radius 3 is 2.56 bits per heavy atom. The molecule has 1 aromatic carbocycles. The molecule has 0 aliphatic rings. The number of pyridine rings is 1. The molecule has 0 radical (unpaired) electrons. The average Bonchev–Trinajstić information content (AvgIpc) is 3.06. The van der Waals surface area contributed by atoms with Gasteiger partial charge >= 0.3 is 0 Å². The second-order valence-corrected chi connectivity index (χ2v) is 6.71. The van der Waals surface area contributed by atoms with E-state index >= 15 is 0 Å². The Balaban J connectivity index is 1.76. The zero-order chi connectivity index (χ0) is 19.0. The van der Waals surface area contributed by atoms with Crippen LogP contribution in [0.15, 0.2) is 36.8 Å². The van der Waals surface area contributed by atoms with Crippen molar-refractivity contribution < 1.29 is 0 Å². The summed E-state index contributed by atoms with van der Waals surface area (Å²) in [5.41, 5.74) is 9.07. The molecule has 9 heteroatoms. The van der Waals surface area contributed by atoms with Crippen LogP contribution in [0.3, 0.4) is 0 Å². The number of benzene rings is 1. The Kier molecular flexibility index (Phi) is 4.55. The van der Waals surface area contributed by atoms with Gasteiger partial charge in [-0.05, 0) is 30.2 Å². The number of nitrogens with zero attached hydrogens (tertiary/aromatic N) is 4. The standard InChI is InChI=1S/C18H15Cl2N7/c1-2-9-3-4-13(22-7-9)25-17-15-18(24-8-23-17)27-16(26-15)14-11(19)5-10(21)6-12(14)20/h3-8H,2,21H2,1H3,(H2,22,23,24,25,26,27). The van der Waals surface area contributed by atoms with Gasteiger partial charge in [-0.1, -0.05) is 36.2 Å². The first kappa shape index (κ1) is 17.5. The molecule has 0 amide bonds. The molecule has 136 valence electrons. The zero-order valence-corrected chi connectivity index (χ0v) is 15.8. The van der Waals surface area contributed by atoms with Crippen LogP contribution in [0.2, 0.25) is 10.0 Å². The summed E-state index contributed by atoms with van der Waals surface area (Å²) in [5, 5.41) is 3.98. The second-order valence-electron chi connectivity index (χ2n) is 5.90. The summed E-state index contributed by atoms with van der Waals surface area (Å²) < 4.78 is 0. The van der Waals surface area contributed by atoms with Gasteiger partial charge in [0.05, 0.1) is 15.6 Å². The van der Waals surface area contributed by atoms with Crippen LogP contribution in [-0.4, -0.2) is 24.9 Å². The number of nitrogen functional groups attached to an aromatic ring is 1. The molecule has 0 saturated heterocycles. The van der Waals surface area contributed by atoms with E-state index in [-0.39, 0.29) is 0 Å². The maximum absolute atomic E-state index is 6.31. The largest absolute Gasteiger partial charge is 0.399 e. The minimum Gasteiger partial charge on any atom is -0.399 e. The number of nitrogens with two attached hydrogens (primary N) is 1. The van der Waals surface area contributed by atoms with E-state index < -0.39 is 0 Å². The summed E-state index contributed by atoms with van der Waals surface area (Å²) in [6.07, 6.45) is 4.19. The van der Waals surface area contributed by atoms with Crippen LogP contribution in [0.1, 0.15) is 12.5 Å². The molecule has 3 aromatic heterocycles. The normalized spacial score (nSPS) is 11.1. The molecule has 4 N–H and O–H groups in total. The van der Waals surface area contributed by atoms with Crippen LogP contribution < -0.4 is 11.1 Å². The molecule has 0 fully saturated rings. The molecule has 4 aromatic rings. The van der Waals surface area contributed by atoms with Crippen molar-refractivity contribution in [2.75, 3.05) is 11.1 Å². The highest BCUT2D eigenvalue weighted by Crippen LogP contribution is 2.36. The van der Waals surface area contributed by atoms with Crippen molar-refractivity contribution in [1.82, 2.24) is 24.9 Å². The van der Waals surface area contributed by atoms with Crippen LogP contribution >= 0.6 is 23.2 Å². The van der Waals surface area contributed by atoms with E-state index in [0.29, 0.717) is 49.9 Å². The van der Waals surface area contributed by atoms with E-state index in [9.17, 15) is 0 Å². The quantitative estimate of drug-likeness (QED) is 0.432. The van der Waals surface area contributed by atoms with Gasteiger partial charge in [0.2, 0.25) is 0 Å². The predicted molar refractivity (Wildman–Crippen MR) is 108 cm³/mol. The predicted octanol–water partition coefficient (Wildman–Crippen LogP) is 4.61. The molecule has 0 atom stereocenters. The van der Waals surface area contributed by atoms with Crippen LogP contribution in [0.4, 0.5) is 17.3 Å². The number of halogens is 2. The lowest BCUT2D eigenvalue weighted by molar-refractivity contribution is 1.10. The topological polar surface area (TPSA) is 105 Å². The lowest BCUT2D eigenvalue weighted by atomic mass is 10.2. The van der Waals surface area contributed by atoms with Crippen molar-refractivity contribution in [3.05, 3.63) is 52.4 Å². The van der Waals surface area contributed by atoms with E-state index in [2.05, 4.69) is 37.2 Å². The maximum Gasteiger partial charge on any atom is 0.183 e. The molecular weight excluding hydrogens is 385 g/mol. The van der Waals surface area contributed by atoms with Gasteiger partial charge in [0, 0.05) is 11.9 Å². The van der Waals surface area contributed by atoms with Crippen molar-refractivity contribution in [1.29, 1.82) is 0 Å². The fourth-order valence-electron chi connectivity index (χ4n) is 2.69. The first-order chi connectivity index (χ1) is 13.0. The van der Waals surface area contributed by atoms with E-state index in [0.717, 1.165) is 12.0 Å². The Bertz CT molecular complexity index is 1100. The van der Waals surface area contributed by atoms with Crippen molar-refractivity contribution in [3.8, 4) is 11.4 Å². The minimum atomic E-state index is 0.401. The second kappa shape index (κ2) is 7.02. The molecular formula is C18H15Cl2N7. The number of hydrogen-bond acceptors (Lipinski definition) is 6. The fourth-order valence-corrected chi connectivity index (χ4v) is 3.37. The van der Waals surface area contributed by atoms with Crippen LogP contribution in [0, 0.1) is 0 Å². The van der Waals surface area contributed by atoms with Crippen molar-refractivity contribution >= 4 is 51.7 Å². The monoisotopic (exact) mass is 399 g/mol. The Labute approximate surface area is 165 Å². The molecule has 7 nitrogen and oxygen atoms in total. The number of hydrogen-bond donors (Lipinski definition) is 3. The summed E-state index contributed by atoms with van der Waals surface area (Å²) in [4.78, 5) is 20.6. The molecule has 0 saturated carbocycles. The van der Waals surface area contributed by atoms with Crippen molar-refractivity contribution in [2.24, 2.45) is 0 Å². The van der Waals surface area contributed by atoms with Gasteiger partial charge in [-0.3, -0.25) is 0 Å². The summed E-state index contributed by atoms with van der Waals surface area (Å²) >= 11 is 12.6. The number of H-pyrrole nitrogens is 1. The van der Waals surface area contributed by atoms with Crippen LogP contribution in [0.5, 0.6) is 0 Å². The molecule has 3 heterocycles. The van der Waals surface area contributed by atoms with Crippen LogP contribution in [0.25, 0.3) is 22.6 Å². The average molecular weight is 400 g/mol. The number of nitrogens with one attached hydrogen (secondary N) is 2. The van der Waals surface area contributed by atoms with Gasteiger partial charge in [-0.25, -0.2) is 19.9 Å². The number of fused-ring (bicyclic) bond motifs is 1. The number of aryl methyl sites for hydroxylation is 1. The van der Waals surface area contributed by atoms with E-state index in [1.165, 1.54) is 6.33 Å². The fraction of sp³-hybridized carbons (Fsp3) is 0.111. The SMILES string of the molecule is CCc1ccc(Nc2ncnc3nc(-c4c(Cl)cc(N)cc4Cl)[nH]c23)nc1. The molecule has 27 heavy (non-hydrogen) atoms. The third-order valence-electron chi connectivity index (χ3n) is 4.07. The number of imidazole rings is 1. The van der Waals surface area contributed by atoms with Crippen molar-refractivity contribution in [2.45, 2.75) is 13.3 Å². The van der Waals surface area contributed by atoms with E-state index in [1.807, 2.05) is 18.3 Å². The summed E-state index contributed by atoms with van der Waals surface area (Å²) in [5.74, 6) is 1.71. The zero-order valence-electron chi connectivity index (χ0n) is 14.3. The highest BCUT2D eigenvalue weighted by molar-refractivity contribution is 6.39. The highest BCUT2D eigenvalue weighted by Gasteiger charge is 2.17. The smallest absolute Gasteiger partial charge is 0.183 e. The number of aromatic amines is 1. The highest BCUT2D eigenvalue weighted by atomic mass is 35.5. The van der Waals surface area contributed by atoms with Gasteiger partial charge in [0.25, 0.3) is 0 Å². The number of aromatic nitrogens is 5. The van der Waals surface area contributed by atoms with Gasteiger partial charge in [0.15, 0.2) is 11.5 Å². The summed E-state index contributed by atoms with van der Waals surface area (Å²) in [6.45, 7) is 2.08. The molecule has 0 bridgehead atoms. The lowest BCUT2D eigenvalue weighted by Crippen LogP contribution is -1.98. The number of rotatable bonds is 4. The summed E-state index contributed by atoms with van der Waals surface area (Å²) in [6, 6.07) is 7.16. The third kappa shape index (κ3) is 3.39. The summed E-state index contributed by atoms with van der Waals surface area (Å²) in [7, 11) is 0. The van der Waals surface area contributed by atoms with Crippen molar-refractivity contribution in [3.63, 3.8) is 0 Å². The molecule has 0 unspecified atom stereocenters. The lowest BCUT2D eigenvalue weighted by Gasteiger charge is -2.06. The minimum absolute atomic E-state index is 0.401. The van der Waals surface area contributed by atoms with Gasteiger partial charge in [0.1, 0.15) is 23.5 Å². The molecule has 0 spiro atoms. The van der Waals surface area contributed by atoms with Gasteiger partial charge in [-0.2, -0.15) is 0 Å². The van der Waals surface area contributed by atoms with E-state index in [4.69, 9.17) is 28.9 Å². The molecule has 0 aliphatic carbocycles. The molecule has 0 aliphatic heterocycles. The van der Waals surface area contributed by atoms with Crippen LogP contribution in [-0.2, 0) is 6.42 Å². The number of anilines is 3. The van der Waals surface area contributed by atoms with Gasteiger partial charge < -0.3 is 16.0 Å². The first-order valence-corrected chi connectivity index (χ1v) is 8.98. The molecule has 4 rings (SSSR count). The Hall–Kier alpha value is -2.90. The third-order valence-corrected chi connectivity index (χ3v) is 4.67. The first-order valence-electron chi connectivity index (χ1n) is 8.22. The Morgan fingerprint density at radius 1 is 1.11 bits per heavy atom. The maximum atomic E-state index is 6.31. The van der Waals surface area contributed by atoms with E-state index in [1.54, 1.807) is 12.1 Å². The Morgan fingerprint density at radius 2 is 1.89 bits per heavy atom.